The topological polar surface area (TPSA) is 72.1 Å². The summed E-state index contributed by atoms with van der Waals surface area (Å²) in [6.45, 7) is 3.69. The number of carbonyl (C=O) groups excluding carboxylic acids is 2. The van der Waals surface area contributed by atoms with Gasteiger partial charge in [-0.2, -0.15) is 5.10 Å². The Bertz CT molecular complexity index is 1080. The summed E-state index contributed by atoms with van der Waals surface area (Å²) in [5.74, 6) is 1.01. The number of ketones is 1. The van der Waals surface area contributed by atoms with E-state index in [0.29, 0.717) is 29.9 Å². The summed E-state index contributed by atoms with van der Waals surface area (Å²) < 4.78 is 11.2. The summed E-state index contributed by atoms with van der Waals surface area (Å²) in [4.78, 5) is 24.7. The molecule has 0 spiro atoms. The van der Waals surface area contributed by atoms with E-state index in [2.05, 4.69) is 5.10 Å². The SMILES string of the molecule is CCC(=O)c1ccc(OCC(=O)N2N=C(c3ccc(C)cc3)C[C@@H]2c2ccco2)cc1. The van der Waals surface area contributed by atoms with Crippen LogP contribution in [-0.4, -0.2) is 29.0 Å². The number of benzene rings is 2. The molecule has 1 aromatic heterocycles. The molecule has 1 aliphatic rings. The molecule has 1 aliphatic heterocycles. The number of rotatable bonds is 7. The molecule has 0 radical (unpaired) electrons. The van der Waals surface area contributed by atoms with Crippen LogP contribution in [0.3, 0.4) is 0 Å². The molecule has 1 atom stereocenters. The lowest BCUT2D eigenvalue weighted by atomic mass is 10.0. The first kappa shape index (κ1) is 20.6. The zero-order valence-electron chi connectivity index (χ0n) is 17.6. The molecule has 0 N–H and O–H groups in total. The number of hydrazone groups is 1. The van der Waals surface area contributed by atoms with Gasteiger partial charge in [0.1, 0.15) is 17.6 Å². The maximum absolute atomic E-state index is 13.0. The second-order valence-corrected chi connectivity index (χ2v) is 7.48. The van der Waals surface area contributed by atoms with Crippen molar-refractivity contribution in [2.45, 2.75) is 32.7 Å². The minimum Gasteiger partial charge on any atom is -0.484 e. The van der Waals surface area contributed by atoms with Gasteiger partial charge in [-0.15, -0.1) is 0 Å². The van der Waals surface area contributed by atoms with Crippen LogP contribution >= 0.6 is 0 Å². The maximum atomic E-state index is 13.0. The first-order chi connectivity index (χ1) is 15.0. The molecule has 0 bridgehead atoms. The molecule has 0 unspecified atom stereocenters. The monoisotopic (exact) mass is 416 g/mol. The van der Waals surface area contributed by atoms with Crippen LogP contribution in [-0.2, 0) is 4.79 Å². The third-order valence-corrected chi connectivity index (χ3v) is 5.28. The van der Waals surface area contributed by atoms with Gasteiger partial charge in [0.2, 0.25) is 0 Å². The van der Waals surface area contributed by atoms with Crippen molar-refractivity contribution < 1.29 is 18.7 Å². The largest absolute Gasteiger partial charge is 0.484 e. The van der Waals surface area contributed by atoms with Crippen LogP contribution in [0, 0.1) is 6.92 Å². The molecule has 0 saturated carbocycles. The second kappa shape index (κ2) is 9.00. The molecule has 6 heteroatoms. The van der Waals surface area contributed by atoms with Crippen molar-refractivity contribution in [1.29, 1.82) is 0 Å². The number of amides is 1. The fourth-order valence-electron chi connectivity index (χ4n) is 3.52. The quantitative estimate of drug-likeness (QED) is 0.512. The summed E-state index contributed by atoms with van der Waals surface area (Å²) in [5.41, 5.74) is 3.61. The minimum atomic E-state index is -0.313. The van der Waals surface area contributed by atoms with Crippen molar-refractivity contribution >= 4 is 17.4 Å². The average Bonchev–Trinajstić information content (AvgIpc) is 3.48. The van der Waals surface area contributed by atoms with Crippen molar-refractivity contribution in [3.05, 3.63) is 89.4 Å². The Labute approximate surface area is 181 Å². The highest BCUT2D eigenvalue weighted by molar-refractivity contribution is 6.03. The molecular weight excluding hydrogens is 392 g/mol. The van der Waals surface area contributed by atoms with E-state index >= 15 is 0 Å². The Morgan fingerprint density at radius 2 is 1.84 bits per heavy atom. The van der Waals surface area contributed by atoms with Crippen LogP contribution in [0.25, 0.3) is 0 Å². The summed E-state index contributed by atoms with van der Waals surface area (Å²) in [5, 5.41) is 6.05. The standard InChI is InChI=1S/C25H24N2O4/c1-3-23(28)19-10-12-20(13-11-19)31-16-25(29)27-22(24-5-4-14-30-24)15-21(26-27)18-8-6-17(2)7-9-18/h4-14,22H,3,15-16H2,1-2H3/t22-/m1/s1. The molecule has 3 aromatic rings. The molecule has 2 heterocycles. The summed E-state index contributed by atoms with van der Waals surface area (Å²) in [6, 6.07) is 18.2. The summed E-state index contributed by atoms with van der Waals surface area (Å²) >= 11 is 0. The fourth-order valence-corrected chi connectivity index (χ4v) is 3.52. The lowest BCUT2D eigenvalue weighted by molar-refractivity contribution is -0.135. The highest BCUT2D eigenvalue weighted by Gasteiger charge is 2.35. The van der Waals surface area contributed by atoms with Gasteiger partial charge in [-0.25, -0.2) is 5.01 Å². The van der Waals surface area contributed by atoms with Gasteiger partial charge in [0, 0.05) is 18.4 Å². The fraction of sp³-hybridized carbons (Fsp3) is 0.240. The maximum Gasteiger partial charge on any atom is 0.281 e. The first-order valence-electron chi connectivity index (χ1n) is 10.3. The Morgan fingerprint density at radius 3 is 2.48 bits per heavy atom. The van der Waals surface area contributed by atoms with Crippen LogP contribution in [0.2, 0.25) is 0 Å². The van der Waals surface area contributed by atoms with Crippen LogP contribution in [0.4, 0.5) is 0 Å². The van der Waals surface area contributed by atoms with Gasteiger partial charge in [0.25, 0.3) is 5.91 Å². The normalized spacial score (nSPS) is 15.6. The highest BCUT2D eigenvalue weighted by atomic mass is 16.5. The molecule has 158 valence electrons. The van der Waals surface area contributed by atoms with Crippen molar-refractivity contribution in [3.8, 4) is 5.75 Å². The average molecular weight is 416 g/mol. The number of furan rings is 1. The van der Waals surface area contributed by atoms with Gasteiger partial charge >= 0.3 is 0 Å². The molecule has 4 rings (SSSR count). The van der Waals surface area contributed by atoms with Crippen LogP contribution in [0.1, 0.15) is 53.1 Å². The summed E-state index contributed by atoms with van der Waals surface area (Å²) in [7, 11) is 0. The van der Waals surface area contributed by atoms with Crippen LogP contribution in [0.5, 0.6) is 5.75 Å². The zero-order chi connectivity index (χ0) is 21.8. The van der Waals surface area contributed by atoms with E-state index in [-0.39, 0.29) is 24.3 Å². The Hall–Kier alpha value is -3.67. The molecular formula is C25H24N2O4. The number of hydrogen-bond acceptors (Lipinski definition) is 5. The Balaban J connectivity index is 1.49. The molecule has 0 fully saturated rings. The number of ether oxygens (including phenoxy) is 1. The third kappa shape index (κ3) is 4.58. The van der Waals surface area contributed by atoms with E-state index in [0.717, 1.165) is 16.8 Å². The molecule has 0 saturated heterocycles. The highest BCUT2D eigenvalue weighted by Crippen LogP contribution is 2.33. The van der Waals surface area contributed by atoms with Gasteiger partial charge in [-0.1, -0.05) is 36.8 Å². The van der Waals surface area contributed by atoms with Gasteiger partial charge in [0.15, 0.2) is 12.4 Å². The second-order valence-electron chi connectivity index (χ2n) is 7.48. The van der Waals surface area contributed by atoms with Crippen LogP contribution < -0.4 is 4.74 Å². The van der Waals surface area contributed by atoms with Crippen molar-refractivity contribution in [2.75, 3.05) is 6.61 Å². The van der Waals surface area contributed by atoms with E-state index in [4.69, 9.17) is 9.15 Å². The molecule has 31 heavy (non-hydrogen) atoms. The number of carbonyl (C=O) groups is 2. The third-order valence-electron chi connectivity index (χ3n) is 5.28. The van der Waals surface area contributed by atoms with E-state index in [1.807, 2.05) is 44.2 Å². The molecule has 1 amide bonds. The van der Waals surface area contributed by atoms with Gasteiger partial charge in [0.05, 0.1) is 12.0 Å². The van der Waals surface area contributed by atoms with Crippen molar-refractivity contribution in [2.24, 2.45) is 5.10 Å². The van der Waals surface area contributed by atoms with Gasteiger partial charge < -0.3 is 9.15 Å². The predicted octanol–water partition coefficient (Wildman–Crippen LogP) is 4.94. The van der Waals surface area contributed by atoms with E-state index in [1.54, 1.807) is 36.6 Å². The van der Waals surface area contributed by atoms with Crippen LogP contribution in [0.15, 0.2) is 76.4 Å². The van der Waals surface area contributed by atoms with E-state index in [1.165, 1.54) is 5.01 Å². The smallest absolute Gasteiger partial charge is 0.281 e. The van der Waals surface area contributed by atoms with Gasteiger partial charge in [-0.05, 0) is 48.9 Å². The number of Topliss-reactive ketones (excluding diaryl/α,β-unsaturated/α-hetero) is 1. The minimum absolute atomic E-state index is 0.0685. The first-order valence-corrected chi connectivity index (χ1v) is 10.3. The Kier molecular flexibility index (Phi) is 5.98. The van der Waals surface area contributed by atoms with Crippen molar-refractivity contribution in [3.63, 3.8) is 0 Å². The number of hydrogen-bond donors (Lipinski definition) is 0. The van der Waals surface area contributed by atoms with Gasteiger partial charge in [-0.3, -0.25) is 9.59 Å². The number of aryl methyl sites for hydroxylation is 1. The molecule has 6 nitrogen and oxygen atoms in total. The van der Waals surface area contributed by atoms with E-state index in [9.17, 15) is 9.59 Å². The van der Waals surface area contributed by atoms with Crippen molar-refractivity contribution in [1.82, 2.24) is 5.01 Å². The molecule has 0 aliphatic carbocycles. The predicted molar refractivity (Wildman–Crippen MR) is 117 cm³/mol. The van der Waals surface area contributed by atoms with E-state index < -0.39 is 0 Å². The lowest BCUT2D eigenvalue weighted by Crippen LogP contribution is -2.31. The zero-order valence-corrected chi connectivity index (χ0v) is 17.6. The Morgan fingerprint density at radius 1 is 1.10 bits per heavy atom. The number of nitrogens with zero attached hydrogens (tertiary/aromatic N) is 2. The molecule has 2 aromatic carbocycles. The lowest BCUT2D eigenvalue weighted by Gasteiger charge is -2.20. The summed E-state index contributed by atoms with van der Waals surface area (Å²) in [6.07, 6.45) is 2.61.